The summed E-state index contributed by atoms with van der Waals surface area (Å²) >= 11 is 11.9. The topological polar surface area (TPSA) is 69.7 Å². The van der Waals surface area contributed by atoms with Crippen molar-refractivity contribution in [1.29, 1.82) is 0 Å². The van der Waals surface area contributed by atoms with Gasteiger partial charge in [0.25, 0.3) is 5.91 Å². The molecule has 0 bridgehead atoms. The third-order valence-corrected chi connectivity index (χ3v) is 4.72. The Labute approximate surface area is 150 Å². The molecule has 1 atom stereocenters. The summed E-state index contributed by atoms with van der Waals surface area (Å²) in [5, 5.41) is 3.09. The van der Waals surface area contributed by atoms with Gasteiger partial charge in [0.05, 0.1) is 15.6 Å². The first-order valence-electron chi connectivity index (χ1n) is 7.67. The molecule has 0 aromatic heterocycles. The third-order valence-electron chi connectivity index (χ3n) is 3.91. The zero-order valence-corrected chi connectivity index (χ0v) is 14.8. The maximum atomic E-state index is 12.5. The van der Waals surface area contributed by atoms with Gasteiger partial charge in [0, 0.05) is 26.2 Å². The fourth-order valence-electron chi connectivity index (χ4n) is 2.55. The minimum absolute atomic E-state index is 0.160. The number of carbonyl (C=O) groups excluding carboxylic acids is 3. The summed E-state index contributed by atoms with van der Waals surface area (Å²) in [6, 6.07) is 4.06. The number of halogens is 2. The lowest BCUT2D eigenvalue weighted by Crippen LogP contribution is -2.48. The Balaban J connectivity index is 1.99. The average molecular weight is 372 g/mol. The summed E-state index contributed by atoms with van der Waals surface area (Å²) < 4.78 is 0. The molecule has 0 saturated carbocycles. The van der Waals surface area contributed by atoms with Gasteiger partial charge in [-0.1, -0.05) is 29.3 Å². The number of hydrogen-bond acceptors (Lipinski definition) is 3. The SMILES string of the molecule is C[C@H](NC(=O)c1cccc(Cl)c1Cl)C(=O)N1CCCN(C=O)CC1. The smallest absolute Gasteiger partial charge is 0.253 e. The van der Waals surface area contributed by atoms with E-state index in [2.05, 4.69) is 5.32 Å². The van der Waals surface area contributed by atoms with Crippen LogP contribution >= 0.6 is 23.2 Å². The first kappa shape index (κ1) is 18.5. The normalized spacial score (nSPS) is 16.3. The molecule has 24 heavy (non-hydrogen) atoms. The number of amides is 3. The number of nitrogens with one attached hydrogen (secondary N) is 1. The molecule has 1 fully saturated rings. The highest BCUT2D eigenvalue weighted by Crippen LogP contribution is 2.25. The maximum Gasteiger partial charge on any atom is 0.253 e. The van der Waals surface area contributed by atoms with E-state index >= 15 is 0 Å². The summed E-state index contributed by atoms with van der Waals surface area (Å²) in [6.45, 7) is 3.76. The van der Waals surface area contributed by atoms with Crippen molar-refractivity contribution in [3.8, 4) is 0 Å². The summed E-state index contributed by atoms with van der Waals surface area (Å²) in [7, 11) is 0. The van der Waals surface area contributed by atoms with Crippen LogP contribution in [0.4, 0.5) is 0 Å². The predicted molar refractivity (Wildman–Crippen MR) is 92.2 cm³/mol. The first-order valence-corrected chi connectivity index (χ1v) is 8.42. The minimum atomic E-state index is -0.699. The second kappa shape index (κ2) is 8.35. The lowest BCUT2D eigenvalue weighted by Gasteiger charge is -2.24. The van der Waals surface area contributed by atoms with Crippen LogP contribution in [0.3, 0.4) is 0 Å². The van der Waals surface area contributed by atoms with E-state index in [1.807, 2.05) is 0 Å². The summed E-state index contributed by atoms with van der Waals surface area (Å²) in [4.78, 5) is 38.9. The molecule has 1 saturated heterocycles. The zero-order valence-electron chi connectivity index (χ0n) is 13.3. The Kier molecular flexibility index (Phi) is 6.45. The molecule has 1 aromatic carbocycles. The van der Waals surface area contributed by atoms with Crippen molar-refractivity contribution in [1.82, 2.24) is 15.1 Å². The molecule has 8 heteroatoms. The lowest BCUT2D eigenvalue weighted by atomic mass is 10.2. The molecule has 130 valence electrons. The van der Waals surface area contributed by atoms with Gasteiger partial charge in [0.1, 0.15) is 6.04 Å². The highest BCUT2D eigenvalue weighted by atomic mass is 35.5. The van der Waals surface area contributed by atoms with Gasteiger partial charge in [-0.3, -0.25) is 14.4 Å². The van der Waals surface area contributed by atoms with E-state index in [0.29, 0.717) is 32.6 Å². The molecule has 0 unspecified atom stereocenters. The fourth-order valence-corrected chi connectivity index (χ4v) is 2.94. The van der Waals surface area contributed by atoms with Gasteiger partial charge in [-0.2, -0.15) is 0 Å². The molecular weight excluding hydrogens is 353 g/mol. The molecule has 1 aromatic rings. The van der Waals surface area contributed by atoms with E-state index < -0.39 is 11.9 Å². The van der Waals surface area contributed by atoms with Crippen molar-refractivity contribution in [3.05, 3.63) is 33.8 Å². The van der Waals surface area contributed by atoms with E-state index in [9.17, 15) is 14.4 Å². The minimum Gasteiger partial charge on any atom is -0.343 e. The van der Waals surface area contributed by atoms with Crippen molar-refractivity contribution in [2.45, 2.75) is 19.4 Å². The van der Waals surface area contributed by atoms with Gasteiger partial charge in [-0.15, -0.1) is 0 Å². The number of nitrogens with zero attached hydrogens (tertiary/aromatic N) is 2. The van der Waals surface area contributed by atoms with Crippen LogP contribution in [0, 0.1) is 0 Å². The highest BCUT2D eigenvalue weighted by Gasteiger charge is 2.25. The first-order chi connectivity index (χ1) is 11.4. The number of hydrogen-bond donors (Lipinski definition) is 1. The van der Waals surface area contributed by atoms with Crippen LogP contribution in [0.15, 0.2) is 18.2 Å². The van der Waals surface area contributed by atoms with E-state index in [1.54, 1.807) is 34.9 Å². The van der Waals surface area contributed by atoms with E-state index in [4.69, 9.17) is 23.2 Å². The quantitative estimate of drug-likeness (QED) is 0.820. The standard InChI is InChI=1S/C16H19Cl2N3O3/c1-11(16(24)21-7-3-6-20(10-22)8-9-21)19-15(23)12-4-2-5-13(17)14(12)18/h2,4-5,10-11H,3,6-9H2,1H3,(H,19,23)/t11-/m0/s1. The Morgan fingerprint density at radius 2 is 1.96 bits per heavy atom. The number of carbonyl (C=O) groups is 3. The molecule has 0 aliphatic carbocycles. The molecule has 3 amide bonds. The highest BCUT2D eigenvalue weighted by molar-refractivity contribution is 6.43. The second-order valence-corrected chi connectivity index (χ2v) is 6.40. The van der Waals surface area contributed by atoms with Crippen molar-refractivity contribution < 1.29 is 14.4 Å². The van der Waals surface area contributed by atoms with Crippen molar-refractivity contribution >= 4 is 41.4 Å². The molecule has 2 rings (SSSR count). The Hall–Kier alpha value is -1.79. The van der Waals surface area contributed by atoms with Crippen LogP contribution in [0.5, 0.6) is 0 Å². The Morgan fingerprint density at radius 3 is 2.67 bits per heavy atom. The van der Waals surface area contributed by atoms with Crippen LogP contribution in [-0.2, 0) is 9.59 Å². The van der Waals surface area contributed by atoms with E-state index in [-0.39, 0.29) is 21.5 Å². The molecule has 0 spiro atoms. The average Bonchev–Trinajstić information content (AvgIpc) is 2.81. The van der Waals surface area contributed by atoms with Gasteiger partial charge in [-0.05, 0) is 25.5 Å². The van der Waals surface area contributed by atoms with Crippen molar-refractivity contribution in [2.24, 2.45) is 0 Å². The van der Waals surface area contributed by atoms with Gasteiger partial charge in [0.2, 0.25) is 12.3 Å². The Morgan fingerprint density at radius 1 is 1.21 bits per heavy atom. The van der Waals surface area contributed by atoms with Crippen LogP contribution in [0.1, 0.15) is 23.7 Å². The summed E-state index contributed by atoms with van der Waals surface area (Å²) in [5.74, 6) is -0.637. The fraction of sp³-hybridized carbons (Fsp3) is 0.438. The molecule has 6 nitrogen and oxygen atoms in total. The second-order valence-electron chi connectivity index (χ2n) is 5.62. The lowest BCUT2D eigenvalue weighted by molar-refractivity contribution is -0.133. The van der Waals surface area contributed by atoms with Gasteiger partial charge < -0.3 is 15.1 Å². The van der Waals surface area contributed by atoms with Gasteiger partial charge in [-0.25, -0.2) is 0 Å². The van der Waals surface area contributed by atoms with Crippen molar-refractivity contribution in [2.75, 3.05) is 26.2 Å². The van der Waals surface area contributed by atoms with Crippen LogP contribution in [0.25, 0.3) is 0 Å². The predicted octanol–water partition coefficient (Wildman–Crippen LogP) is 1.80. The molecule has 1 N–H and O–H groups in total. The van der Waals surface area contributed by atoms with Gasteiger partial charge >= 0.3 is 0 Å². The monoisotopic (exact) mass is 371 g/mol. The molecule has 1 heterocycles. The molecule has 1 aliphatic heterocycles. The summed E-state index contributed by atoms with van der Waals surface area (Å²) in [6.07, 6.45) is 1.51. The molecule has 1 aliphatic rings. The van der Waals surface area contributed by atoms with E-state index in [0.717, 1.165) is 6.41 Å². The molecular formula is C16H19Cl2N3O3. The number of rotatable bonds is 4. The Bertz CT molecular complexity index is 639. The van der Waals surface area contributed by atoms with Crippen LogP contribution in [0.2, 0.25) is 10.0 Å². The summed E-state index contributed by atoms with van der Waals surface area (Å²) in [5.41, 5.74) is 0.229. The van der Waals surface area contributed by atoms with Crippen LogP contribution < -0.4 is 5.32 Å². The van der Waals surface area contributed by atoms with Crippen LogP contribution in [-0.4, -0.2) is 60.2 Å². The van der Waals surface area contributed by atoms with Crippen molar-refractivity contribution in [3.63, 3.8) is 0 Å². The largest absolute Gasteiger partial charge is 0.343 e. The van der Waals surface area contributed by atoms with E-state index in [1.165, 1.54) is 0 Å². The maximum absolute atomic E-state index is 12.5. The zero-order chi connectivity index (χ0) is 17.7. The number of benzene rings is 1. The molecule has 0 radical (unpaired) electrons. The van der Waals surface area contributed by atoms with Gasteiger partial charge in [0.15, 0.2) is 0 Å². The third kappa shape index (κ3) is 4.39.